The molecule has 4 heteroatoms. The minimum absolute atomic E-state index is 0.650. The molecule has 1 N–H and O–H groups in total. The number of benzene rings is 1. The van der Waals surface area contributed by atoms with Crippen LogP contribution in [0.2, 0.25) is 0 Å². The molecule has 18 heavy (non-hydrogen) atoms. The van der Waals surface area contributed by atoms with Gasteiger partial charge in [0.15, 0.2) is 0 Å². The summed E-state index contributed by atoms with van der Waals surface area (Å²) in [5.41, 5.74) is 1.17. The zero-order valence-corrected chi connectivity index (χ0v) is 11.1. The molecule has 1 heterocycles. The van der Waals surface area contributed by atoms with Crippen LogP contribution in [0.4, 0.5) is 0 Å². The molecule has 1 atom stereocenters. The fourth-order valence-electron chi connectivity index (χ4n) is 2.13. The molecule has 0 bridgehead atoms. The topological polar surface area (TPSA) is 39.7 Å². The second-order valence-electron chi connectivity index (χ2n) is 4.58. The number of hydrogen-bond donors (Lipinski definition) is 1. The van der Waals surface area contributed by atoms with Crippen molar-refractivity contribution in [1.82, 2.24) is 5.32 Å². The second kappa shape index (κ2) is 6.61. The standard InChI is InChI=1S/C14H21NO3/c1-16-13-5-12(6-14(7-13)17-2)9-15-8-11-3-4-18-10-11/h5-7,11,15H,3-4,8-10H2,1-2H3. The highest BCUT2D eigenvalue weighted by Gasteiger charge is 2.14. The Morgan fingerprint density at radius 3 is 2.50 bits per heavy atom. The Kier molecular flexibility index (Phi) is 4.84. The lowest BCUT2D eigenvalue weighted by molar-refractivity contribution is 0.185. The summed E-state index contributed by atoms with van der Waals surface area (Å²) >= 11 is 0. The Bertz CT molecular complexity index is 353. The van der Waals surface area contributed by atoms with Gasteiger partial charge < -0.3 is 19.5 Å². The van der Waals surface area contributed by atoms with Crippen LogP contribution in [-0.4, -0.2) is 34.0 Å². The van der Waals surface area contributed by atoms with Gasteiger partial charge in [0, 0.05) is 25.8 Å². The molecule has 1 aromatic carbocycles. The van der Waals surface area contributed by atoms with Crippen LogP contribution in [0.15, 0.2) is 18.2 Å². The van der Waals surface area contributed by atoms with Crippen molar-refractivity contribution < 1.29 is 14.2 Å². The number of nitrogens with one attached hydrogen (secondary N) is 1. The molecule has 1 unspecified atom stereocenters. The third-order valence-corrected chi connectivity index (χ3v) is 3.20. The molecule has 0 aromatic heterocycles. The average Bonchev–Trinajstić information content (AvgIpc) is 2.91. The fraction of sp³-hybridized carbons (Fsp3) is 0.571. The SMILES string of the molecule is COc1cc(CNCC2CCOC2)cc(OC)c1. The van der Waals surface area contributed by atoms with Crippen LogP contribution in [0.3, 0.4) is 0 Å². The van der Waals surface area contributed by atoms with Crippen molar-refractivity contribution in [2.75, 3.05) is 34.0 Å². The van der Waals surface area contributed by atoms with Crippen molar-refractivity contribution in [3.63, 3.8) is 0 Å². The quantitative estimate of drug-likeness (QED) is 0.837. The van der Waals surface area contributed by atoms with Gasteiger partial charge in [-0.05, 0) is 30.0 Å². The van der Waals surface area contributed by atoms with E-state index < -0.39 is 0 Å². The van der Waals surface area contributed by atoms with Gasteiger partial charge in [0.2, 0.25) is 0 Å². The Labute approximate surface area is 108 Å². The van der Waals surface area contributed by atoms with E-state index in [4.69, 9.17) is 14.2 Å². The third-order valence-electron chi connectivity index (χ3n) is 3.20. The van der Waals surface area contributed by atoms with Crippen LogP contribution in [0.1, 0.15) is 12.0 Å². The Hall–Kier alpha value is -1.26. The van der Waals surface area contributed by atoms with Gasteiger partial charge in [-0.25, -0.2) is 0 Å². The van der Waals surface area contributed by atoms with E-state index in [0.29, 0.717) is 5.92 Å². The maximum Gasteiger partial charge on any atom is 0.122 e. The first kappa shape index (κ1) is 13.2. The van der Waals surface area contributed by atoms with E-state index in [-0.39, 0.29) is 0 Å². The predicted octanol–water partition coefficient (Wildman–Crippen LogP) is 1.83. The minimum Gasteiger partial charge on any atom is -0.497 e. The molecule has 0 spiro atoms. The highest BCUT2D eigenvalue weighted by molar-refractivity contribution is 5.38. The van der Waals surface area contributed by atoms with Crippen molar-refractivity contribution in [3.05, 3.63) is 23.8 Å². The van der Waals surface area contributed by atoms with Crippen molar-refractivity contribution in [2.24, 2.45) is 5.92 Å². The van der Waals surface area contributed by atoms with Gasteiger partial charge in [0.25, 0.3) is 0 Å². The van der Waals surface area contributed by atoms with Crippen LogP contribution in [0.25, 0.3) is 0 Å². The lowest BCUT2D eigenvalue weighted by atomic mass is 10.1. The summed E-state index contributed by atoms with van der Waals surface area (Å²) in [4.78, 5) is 0. The summed E-state index contributed by atoms with van der Waals surface area (Å²) in [7, 11) is 3.34. The predicted molar refractivity (Wildman–Crippen MR) is 70.2 cm³/mol. The first-order chi connectivity index (χ1) is 8.81. The summed E-state index contributed by atoms with van der Waals surface area (Å²) < 4.78 is 15.9. The van der Waals surface area contributed by atoms with Gasteiger partial charge in [-0.3, -0.25) is 0 Å². The van der Waals surface area contributed by atoms with Crippen LogP contribution in [-0.2, 0) is 11.3 Å². The molecular weight excluding hydrogens is 230 g/mol. The van der Waals surface area contributed by atoms with Crippen LogP contribution >= 0.6 is 0 Å². The van der Waals surface area contributed by atoms with Crippen LogP contribution in [0.5, 0.6) is 11.5 Å². The smallest absolute Gasteiger partial charge is 0.122 e. The summed E-state index contributed by atoms with van der Waals surface area (Å²) in [6.07, 6.45) is 1.16. The molecule has 0 saturated carbocycles. The summed E-state index contributed by atoms with van der Waals surface area (Å²) in [5.74, 6) is 2.31. The largest absolute Gasteiger partial charge is 0.497 e. The summed E-state index contributed by atoms with van der Waals surface area (Å²) in [6, 6.07) is 5.94. The van der Waals surface area contributed by atoms with Gasteiger partial charge >= 0.3 is 0 Å². The van der Waals surface area contributed by atoms with Gasteiger partial charge in [0.05, 0.1) is 20.8 Å². The Balaban J connectivity index is 1.87. The van der Waals surface area contributed by atoms with Crippen LogP contribution < -0.4 is 14.8 Å². The number of hydrogen-bond acceptors (Lipinski definition) is 4. The van der Waals surface area contributed by atoms with Gasteiger partial charge in [-0.2, -0.15) is 0 Å². The maximum absolute atomic E-state index is 5.35. The van der Waals surface area contributed by atoms with E-state index in [9.17, 15) is 0 Å². The molecule has 2 rings (SSSR count). The maximum atomic E-state index is 5.35. The second-order valence-corrected chi connectivity index (χ2v) is 4.58. The van der Waals surface area contributed by atoms with Crippen molar-refractivity contribution in [3.8, 4) is 11.5 Å². The molecule has 1 saturated heterocycles. The molecule has 4 nitrogen and oxygen atoms in total. The molecule has 0 radical (unpaired) electrons. The highest BCUT2D eigenvalue weighted by Crippen LogP contribution is 2.22. The normalized spacial score (nSPS) is 18.9. The first-order valence-corrected chi connectivity index (χ1v) is 6.32. The monoisotopic (exact) mass is 251 g/mol. The fourth-order valence-corrected chi connectivity index (χ4v) is 2.13. The molecule has 1 aliphatic heterocycles. The zero-order valence-electron chi connectivity index (χ0n) is 11.1. The van der Waals surface area contributed by atoms with E-state index in [2.05, 4.69) is 5.32 Å². The molecule has 1 aromatic rings. The third kappa shape index (κ3) is 3.62. The summed E-state index contributed by atoms with van der Waals surface area (Å²) in [6.45, 7) is 3.61. The van der Waals surface area contributed by atoms with E-state index >= 15 is 0 Å². The number of ether oxygens (including phenoxy) is 3. The van der Waals surface area contributed by atoms with Gasteiger partial charge in [-0.15, -0.1) is 0 Å². The Morgan fingerprint density at radius 1 is 1.22 bits per heavy atom. The van der Waals surface area contributed by atoms with Crippen molar-refractivity contribution >= 4 is 0 Å². The zero-order chi connectivity index (χ0) is 12.8. The number of rotatable bonds is 6. The molecule has 0 amide bonds. The molecule has 0 aliphatic carbocycles. The van der Waals surface area contributed by atoms with E-state index in [0.717, 1.165) is 44.2 Å². The Morgan fingerprint density at radius 2 is 1.94 bits per heavy atom. The molecular formula is C14H21NO3. The summed E-state index contributed by atoms with van der Waals surface area (Å²) in [5, 5.41) is 3.46. The average molecular weight is 251 g/mol. The molecule has 100 valence electrons. The van der Waals surface area contributed by atoms with E-state index in [1.54, 1.807) is 14.2 Å². The first-order valence-electron chi connectivity index (χ1n) is 6.32. The van der Waals surface area contributed by atoms with E-state index in [1.165, 1.54) is 5.56 Å². The lowest BCUT2D eigenvalue weighted by Crippen LogP contribution is -2.22. The lowest BCUT2D eigenvalue weighted by Gasteiger charge is -2.11. The van der Waals surface area contributed by atoms with Crippen molar-refractivity contribution in [1.29, 1.82) is 0 Å². The van der Waals surface area contributed by atoms with E-state index in [1.807, 2.05) is 18.2 Å². The van der Waals surface area contributed by atoms with Crippen molar-refractivity contribution in [2.45, 2.75) is 13.0 Å². The molecule has 1 fully saturated rings. The number of methoxy groups -OCH3 is 2. The van der Waals surface area contributed by atoms with Gasteiger partial charge in [-0.1, -0.05) is 0 Å². The van der Waals surface area contributed by atoms with Gasteiger partial charge in [0.1, 0.15) is 11.5 Å². The highest BCUT2D eigenvalue weighted by atomic mass is 16.5. The minimum atomic E-state index is 0.650. The molecule has 1 aliphatic rings. The van der Waals surface area contributed by atoms with Crippen LogP contribution in [0, 0.1) is 5.92 Å².